The minimum atomic E-state index is 0.421. The van der Waals surface area contributed by atoms with Gasteiger partial charge in [0.15, 0.2) is 0 Å². The van der Waals surface area contributed by atoms with Crippen molar-refractivity contribution in [3.8, 4) is 0 Å². The highest BCUT2D eigenvalue weighted by molar-refractivity contribution is 7.99. The molecular weight excluding hydrogens is 214 g/mol. The van der Waals surface area contributed by atoms with Gasteiger partial charge in [-0.15, -0.1) is 0 Å². The lowest BCUT2D eigenvalue weighted by Crippen LogP contribution is -2.37. The van der Waals surface area contributed by atoms with Crippen LogP contribution in [0, 0.1) is 17.8 Å². The molecule has 4 atom stereocenters. The summed E-state index contributed by atoms with van der Waals surface area (Å²) >= 11 is 2.06. The zero-order valence-corrected chi connectivity index (χ0v) is 12.2. The first-order valence-electron chi connectivity index (χ1n) is 6.90. The van der Waals surface area contributed by atoms with Crippen LogP contribution in [0.2, 0.25) is 0 Å². The molecule has 0 amide bonds. The van der Waals surface area contributed by atoms with E-state index in [1.165, 1.54) is 25.7 Å². The molecule has 0 heterocycles. The number of hydrogen-bond donors (Lipinski definition) is 1. The van der Waals surface area contributed by atoms with Crippen molar-refractivity contribution >= 4 is 11.8 Å². The molecule has 0 aromatic rings. The first kappa shape index (κ1) is 14.4. The predicted octanol–water partition coefficient (Wildman–Crippen LogP) is 3.92. The summed E-state index contributed by atoms with van der Waals surface area (Å²) in [6, 6.07) is 0.421. The Morgan fingerprint density at radius 3 is 2.25 bits per heavy atom. The third kappa shape index (κ3) is 4.67. The van der Waals surface area contributed by atoms with Crippen molar-refractivity contribution in [2.75, 3.05) is 5.75 Å². The van der Waals surface area contributed by atoms with Crippen LogP contribution < -0.4 is 5.73 Å². The molecule has 0 aromatic carbocycles. The standard InChI is InChI=1S/C14H29NS/c1-5-12(4)16-9-14(15)13-7-10(2)6-11(3)8-13/h10-14H,5-9,15H2,1-4H3. The van der Waals surface area contributed by atoms with E-state index in [9.17, 15) is 0 Å². The molecule has 96 valence electrons. The van der Waals surface area contributed by atoms with Crippen LogP contribution in [0.3, 0.4) is 0 Å². The highest BCUT2D eigenvalue weighted by Crippen LogP contribution is 2.35. The molecule has 1 nitrogen and oxygen atoms in total. The second-order valence-corrected chi connectivity index (χ2v) is 7.36. The molecule has 1 fully saturated rings. The Morgan fingerprint density at radius 2 is 1.75 bits per heavy atom. The summed E-state index contributed by atoms with van der Waals surface area (Å²) in [7, 11) is 0. The van der Waals surface area contributed by atoms with Gasteiger partial charge in [-0.25, -0.2) is 0 Å². The zero-order chi connectivity index (χ0) is 12.1. The molecule has 0 spiro atoms. The zero-order valence-electron chi connectivity index (χ0n) is 11.4. The van der Waals surface area contributed by atoms with Crippen molar-refractivity contribution in [2.24, 2.45) is 23.5 Å². The number of rotatable bonds is 5. The summed E-state index contributed by atoms with van der Waals surface area (Å²) in [6.45, 7) is 9.34. The lowest BCUT2D eigenvalue weighted by atomic mass is 9.74. The van der Waals surface area contributed by atoms with Gasteiger partial charge in [-0.05, 0) is 43.4 Å². The smallest absolute Gasteiger partial charge is 0.0159 e. The number of nitrogens with two attached hydrogens (primary N) is 1. The van der Waals surface area contributed by atoms with Crippen molar-refractivity contribution in [2.45, 2.75) is 64.7 Å². The van der Waals surface area contributed by atoms with Crippen LogP contribution >= 0.6 is 11.8 Å². The van der Waals surface area contributed by atoms with Gasteiger partial charge >= 0.3 is 0 Å². The molecule has 2 heteroatoms. The van der Waals surface area contributed by atoms with Gasteiger partial charge in [0.1, 0.15) is 0 Å². The Bertz CT molecular complexity index is 185. The van der Waals surface area contributed by atoms with Crippen molar-refractivity contribution in [3.05, 3.63) is 0 Å². The molecule has 1 saturated carbocycles. The molecule has 0 aromatic heterocycles. The maximum atomic E-state index is 6.36. The van der Waals surface area contributed by atoms with Gasteiger partial charge in [-0.2, -0.15) is 11.8 Å². The van der Waals surface area contributed by atoms with Crippen molar-refractivity contribution in [1.82, 2.24) is 0 Å². The molecular formula is C14H29NS. The molecule has 1 aliphatic rings. The van der Waals surface area contributed by atoms with Crippen LogP contribution in [-0.4, -0.2) is 17.0 Å². The normalized spacial score (nSPS) is 34.7. The first-order valence-corrected chi connectivity index (χ1v) is 7.94. The maximum absolute atomic E-state index is 6.36. The van der Waals surface area contributed by atoms with Crippen LogP contribution in [0.25, 0.3) is 0 Å². The summed E-state index contributed by atoms with van der Waals surface area (Å²) in [5, 5.41) is 0.768. The van der Waals surface area contributed by atoms with E-state index in [-0.39, 0.29) is 0 Å². The van der Waals surface area contributed by atoms with E-state index in [1.54, 1.807) is 0 Å². The third-order valence-corrected chi connectivity index (χ3v) is 5.45. The molecule has 0 bridgehead atoms. The van der Waals surface area contributed by atoms with Gasteiger partial charge in [0.25, 0.3) is 0 Å². The fraction of sp³-hybridized carbons (Fsp3) is 1.00. The topological polar surface area (TPSA) is 26.0 Å². The van der Waals surface area contributed by atoms with Gasteiger partial charge in [-0.3, -0.25) is 0 Å². The Balaban J connectivity index is 2.32. The van der Waals surface area contributed by atoms with E-state index in [0.29, 0.717) is 6.04 Å². The first-order chi connectivity index (χ1) is 7.52. The Kier molecular flexibility index (Phi) is 6.20. The lowest BCUT2D eigenvalue weighted by molar-refractivity contribution is 0.200. The van der Waals surface area contributed by atoms with Crippen molar-refractivity contribution in [3.63, 3.8) is 0 Å². The molecule has 0 aliphatic heterocycles. The van der Waals surface area contributed by atoms with Crippen molar-refractivity contribution < 1.29 is 0 Å². The van der Waals surface area contributed by atoms with Crippen LogP contribution in [0.5, 0.6) is 0 Å². The fourth-order valence-corrected chi connectivity index (χ4v) is 3.95. The summed E-state index contributed by atoms with van der Waals surface area (Å²) in [6.07, 6.45) is 5.37. The highest BCUT2D eigenvalue weighted by atomic mass is 32.2. The second kappa shape index (κ2) is 6.90. The average molecular weight is 243 g/mol. The van der Waals surface area contributed by atoms with E-state index in [2.05, 4.69) is 39.5 Å². The number of hydrogen-bond acceptors (Lipinski definition) is 2. The van der Waals surface area contributed by atoms with E-state index in [0.717, 1.165) is 28.8 Å². The quantitative estimate of drug-likeness (QED) is 0.792. The third-order valence-electron chi connectivity index (χ3n) is 3.97. The Morgan fingerprint density at radius 1 is 1.19 bits per heavy atom. The Hall–Kier alpha value is 0.310. The van der Waals surface area contributed by atoms with Crippen LogP contribution in [-0.2, 0) is 0 Å². The lowest BCUT2D eigenvalue weighted by Gasteiger charge is -2.35. The van der Waals surface area contributed by atoms with E-state index in [4.69, 9.17) is 5.73 Å². The highest BCUT2D eigenvalue weighted by Gasteiger charge is 2.28. The van der Waals surface area contributed by atoms with Gasteiger partial charge in [0.05, 0.1) is 0 Å². The van der Waals surface area contributed by atoms with Crippen LogP contribution in [0.4, 0.5) is 0 Å². The molecule has 1 rings (SSSR count). The minimum Gasteiger partial charge on any atom is -0.327 e. The predicted molar refractivity (Wildman–Crippen MR) is 75.9 cm³/mol. The molecule has 2 N–H and O–H groups in total. The van der Waals surface area contributed by atoms with Gasteiger partial charge in [0, 0.05) is 17.0 Å². The minimum absolute atomic E-state index is 0.421. The van der Waals surface area contributed by atoms with E-state index < -0.39 is 0 Å². The monoisotopic (exact) mass is 243 g/mol. The molecule has 16 heavy (non-hydrogen) atoms. The summed E-state index contributed by atoms with van der Waals surface area (Å²) < 4.78 is 0. The average Bonchev–Trinajstić information content (AvgIpc) is 2.23. The molecule has 1 aliphatic carbocycles. The van der Waals surface area contributed by atoms with Crippen LogP contribution in [0.1, 0.15) is 53.4 Å². The SMILES string of the molecule is CCC(C)SCC(N)C1CC(C)CC(C)C1. The van der Waals surface area contributed by atoms with Gasteiger partial charge in [-0.1, -0.05) is 27.7 Å². The summed E-state index contributed by atoms with van der Waals surface area (Å²) in [5.74, 6) is 3.69. The molecule has 0 radical (unpaired) electrons. The van der Waals surface area contributed by atoms with Gasteiger partial charge in [0.2, 0.25) is 0 Å². The maximum Gasteiger partial charge on any atom is 0.0159 e. The summed E-state index contributed by atoms with van der Waals surface area (Å²) in [5.41, 5.74) is 6.36. The number of thioether (sulfide) groups is 1. The van der Waals surface area contributed by atoms with Crippen molar-refractivity contribution in [1.29, 1.82) is 0 Å². The van der Waals surface area contributed by atoms with E-state index >= 15 is 0 Å². The van der Waals surface area contributed by atoms with E-state index in [1.807, 2.05) is 0 Å². The van der Waals surface area contributed by atoms with Gasteiger partial charge < -0.3 is 5.73 Å². The molecule has 0 saturated heterocycles. The second-order valence-electron chi connectivity index (χ2n) is 5.89. The van der Waals surface area contributed by atoms with Crippen LogP contribution in [0.15, 0.2) is 0 Å². The largest absolute Gasteiger partial charge is 0.327 e. The molecule has 4 unspecified atom stereocenters. The fourth-order valence-electron chi connectivity index (χ4n) is 2.89. The Labute approximate surface area is 106 Å². The summed E-state index contributed by atoms with van der Waals surface area (Å²) in [4.78, 5) is 0.